The first-order valence-corrected chi connectivity index (χ1v) is 11.1. The molecule has 0 saturated carbocycles. The Morgan fingerprint density at radius 3 is 2.89 bits per heavy atom. The number of nitrogens with zero attached hydrogens (tertiary/aromatic N) is 1. The van der Waals surface area contributed by atoms with E-state index in [0.717, 1.165) is 43.6 Å². The minimum absolute atomic E-state index is 0.0493. The van der Waals surface area contributed by atoms with Crippen LogP contribution < -0.4 is 9.47 Å². The van der Waals surface area contributed by atoms with Crippen LogP contribution in [-0.4, -0.2) is 47.6 Å². The number of hydrogen-bond acceptors (Lipinski definition) is 6. The van der Waals surface area contributed by atoms with Gasteiger partial charge in [0.2, 0.25) is 0 Å². The summed E-state index contributed by atoms with van der Waals surface area (Å²) in [6, 6.07) is 5.76. The molecule has 0 aliphatic carbocycles. The van der Waals surface area contributed by atoms with Crippen molar-refractivity contribution in [2.75, 3.05) is 26.4 Å². The molecule has 1 aromatic rings. The molecule has 2 heterocycles. The maximum absolute atomic E-state index is 12.8. The Morgan fingerprint density at radius 2 is 2.18 bits per heavy atom. The van der Waals surface area contributed by atoms with Crippen LogP contribution in [0.2, 0.25) is 0 Å². The van der Waals surface area contributed by atoms with E-state index in [9.17, 15) is 4.79 Å². The van der Waals surface area contributed by atoms with Crippen molar-refractivity contribution in [1.82, 2.24) is 4.90 Å². The Balaban J connectivity index is 1.73. The van der Waals surface area contributed by atoms with Gasteiger partial charge in [0.15, 0.2) is 11.5 Å². The normalized spacial score (nSPS) is 21.0. The average molecular weight is 422 g/mol. The molecule has 5 nitrogen and oxygen atoms in total. The molecule has 2 saturated heterocycles. The topological polar surface area (TPSA) is 48.0 Å². The average Bonchev–Trinajstić information content (AvgIpc) is 3.28. The lowest BCUT2D eigenvalue weighted by atomic mass is 10.1. The minimum Gasteiger partial charge on any atom is -0.490 e. The predicted octanol–water partition coefficient (Wildman–Crippen LogP) is 4.64. The van der Waals surface area contributed by atoms with Gasteiger partial charge in [-0.1, -0.05) is 43.4 Å². The lowest BCUT2D eigenvalue weighted by molar-refractivity contribution is -0.123. The summed E-state index contributed by atoms with van der Waals surface area (Å²) in [6.07, 6.45) is 6.06. The third kappa shape index (κ3) is 5.27. The van der Waals surface area contributed by atoms with Crippen LogP contribution in [0.25, 0.3) is 6.08 Å². The molecule has 1 atom stereocenters. The Kier molecular flexibility index (Phi) is 7.76. The number of ether oxygens (including phenoxy) is 3. The first-order valence-electron chi connectivity index (χ1n) is 9.89. The highest BCUT2D eigenvalue weighted by Gasteiger charge is 2.34. The molecule has 1 amide bonds. The summed E-state index contributed by atoms with van der Waals surface area (Å²) in [5, 5.41) is 0. The van der Waals surface area contributed by atoms with Crippen molar-refractivity contribution in [2.45, 2.75) is 45.6 Å². The molecule has 0 bridgehead atoms. The predicted molar refractivity (Wildman–Crippen MR) is 117 cm³/mol. The Hall–Kier alpha value is -1.57. The van der Waals surface area contributed by atoms with Crippen LogP contribution in [0.5, 0.6) is 11.5 Å². The number of amides is 1. The van der Waals surface area contributed by atoms with Crippen LogP contribution in [0.3, 0.4) is 0 Å². The van der Waals surface area contributed by atoms with Crippen LogP contribution in [-0.2, 0) is 9.53 Å². The molecule has 2 aliphatic rings. The molecule has 0 unspecified atom stereocenters. The molecule has 7 heteroatoms. The summed E-state index contributed by atoms with van der Waals surface area (Å²) in [5.41, 5.74) is 0.893. The SMILES string of the molecule is CCCCOc1ccc(/C=C2/SC(=S)N(C[C@H]3CCCO3)C2=O)cc1OCC. The van der Waals surface area contributed by atoms with Gasteiger partial charge in [-0.25, -0.2) is 0 Å². The van der Waals surface area contributed by atoms with E-state index in [-0.39, 0.29) is 12.0 Å². The summed E-state index contributed by atoms with van der Waals surface area (Å²) >= 11 is 6.76. The van der Waals surface area contributed by atoms with Crippen molar-refractivity contribution in [1.29, 1.82) is 0 Å². The molecule has 0 radical (unpaired) electrons. The van der Waals surface area contributed by atoms with Gasteiger partial charge in [-0.05, 0) is 50.0 Å². The molecular weight excluding hydrogens is 394 g/mol. The minimum atomic E-state index is -0.0493. The first kappa shape index (κ1) is 21.1. The first-order chi connectivity index (χ1) is 13.6. The number of unbranched alkanes of at least 4 members (excludes halogenated alkanes) is 1. The molecule has 2 fully saturated rings. The zero-order chi connectivity index (χ0) is 19.9. The Morgan fingerprint density at radius 1 is 1.32 bits per heavy atom. The van der Waals surface area contributed by atoms with Crippen LogP contribution in [0.4, 0.5) is 0 Å². The molecule has 28 heavy (non-hydrogen) atoms. The van der Waals surface area contributed by atoms with Gasteiger partial charge in [-0.2, -0.15) is 0 Å². The molecule has 1 aromatic carbocycles. The number of thiocarbonyl (C=S) groups is 1. The maximum atomic E-state index is 12.8. The molecule has 0 spiro atoms. The fraction of sp³-hybridized carbons (Fsp3) is 0.524. The van der Waals surface area contributed by atoms with E-state index in [1.165, 1.54) is 11.8 Å². The standard InChI is InChI=1S/C21H27NO4S2/c1-3-5-10-26-17-9-8-15(12-18(17)24-4-2)13-19-20(23)22(21(27)28-19)14-16-7-6-11-25-16/h8-9,12-13,16H,3-7,10-11,14H2,1-2H3/b19-13+/t16-/m1/s1. The van der Waals surface area contributed by atoms with Gasteiger partial charge >= 0.3 is 0 Å². The summed E-state index contributed by atoms with van der Waals surface area (Å²) in [5.74, 6) is 1.38. The highest BCUT2D eigenvalue weighted by atomic mass is 32.2. The third-order valence-corrected chi connectivity index (χ3v) is 5.98. The van der Waals surface area contributed by atoms with Crippen LogP contribution in [0.15, 0.2) is 23.1 Å². The van der Waals surface area contributed by atoms with Crippen molar-refractivity contribution in [2.24, 2.45) is 0 Å². The van der Waals surface area contributed by atoms with Gasteiger partial charge < -0.3 is 14.2 Å². The van der Waals surface area contributed by atoms with Crippen molar-refractivity contribution in [3.05, 3.63) is 28.7 Å². The van der Waals surface area contributed by atoms with E-state index < -0.39 is 0 Å². The fourth-order valence-electron chi connectivity index (χ4n) is 3.13. The number of hydrogen-bond donors (Lipinski definition) is 0. The summed E-state index contributed by atoms with van der Waals surface area (Å²) in [7, 11) is 0. The van der Waals surface area contributed by atoms with Crippen molar-refractivity contribution in [3.8, 4) is 11.5 Å². The zero-order valence-corrected chi connectivity index (χ0v) is 18.1. The van der Waals surface area contributed by atoms with Gasteiger partial charge in [-0.3, -0.25) is 9.69 Å². The van der Waals surface area contributed by atoms with Gasteiger partial charge in [0.1, 0.15) is 4.32 Å². The molecule has 0 aromatic heterocycles. The van der Waals surface area contributed by atoms with Crippen molar-refractivity contribution < 1.29 is 19.0 Å². The van der Waals surface area contributed by atoms with Crippen molar-refractivity contribution >= 4 is 40.3 Å². The maximum Gasteiger partial charge on any atom is 0.266 e. The Labute approximate surface area is 176 Å². The molecule has 152 valence electrons. The van der Waals surface area contributed by atoms with Gasteiger partial charge in [0.05, 0.1) is 30.8 Å². The van der Waals surface area contributed by atoms with Crippen LogP contribution in [0.1, 0.15) is 45.1 Å². The number of thioether (sulfide) groups is 1. The van der Waals surface area contributed by atoms with E-state index in [2.05, 4.69) is 6.92 Å². The van der Waals surface area contributed by atoms with Crippen LogP contribution >= 0.6 is 24.0 Å². The molecule has 2 aliphatic heterocycles. The van der Waals surface area contributed by atoms with Gasteiger partial charge in [-0.15, -0.1) is 0 Å². The number of carbonyl (C=O) groups excluding carboxylic acids is 1. The second-order valence-electron chi connectivity index (χ2n) is 6.77. The van der Waals surface area contributed by atoms with E-state index in [1.54, 1.807) is 4.90 Å². The highest BCUT2D eigenvalue weighted by Crippen LogP contribution is 2.35. The third-order valence-electron chi connectivity index (χ3n) is 4.60. The van der Waals surface area contributed by atoms with Crippen molar-refractivity contribution in [3.63, 3.8) is 0 Å². The number of benzene rings is 1. The summed E-state index contributed by atoms with van der Waals surface area (Å²) in [4.78, 5) is 15.1. The molecular formula is C21H27NO4S2. The van der Waals surface area contributed by atoms with Gasteiger partial charge in [0, 0.05) is 6.61 Å². The fourth-order valence-corrected chi connectivity index (χ4v) is 4.40. The molecule has 0 N–H and O–H groups in total. The lowest BCUT2D eigenvalue weighted by Gasteiger charge is -2.18. The largest absolute Gasteiger partial charge is 0.490 e. The molecule has 3 rings (SSSR count). The monoisotopic (exact) mass is 421 g/mol. The summed E-state index contributed by atoms with van der Waals surface area (Å²) in [6.45, 7) is 6.59. The van der Waals surface area contributed by atoms with Crippen LogP contribution in [0, 0.1) is 0 Å². The van der Waals surface area contributed by atoms with E-state index in [0.29, 0.717) is 34.7 Å². The van der Waals surface area contributed by atoms with E-state index in [4.69, 9.17) is 26.4 Å². The van der Waals surface area contributed by atoms with E-state index in [1.807, 2.05) is 31.2 Å². The second kappa shape index (κ2) is 10.3. The Bertz CT molecular complexity index is 744. The smallest absolute Gasteiger partial charge is 0.266 e. The highest BCUT2D eigenvalue weighted by molar-refractivity contribution is 8.26. The zero-order valence-electron chi connectivity index (χ0n) is 16.4. The number of rotatable bonds is 9. The lowest BCUT2D eigenvalue weighted by Crippen LogP contribution is -2.35. The second-order valence-corrected chi connectivity index (χ2v) is 8.44. The van der Waals surface area contributed by atoms with E-state index >= 15 is 0 Å². The quantitative estimate of drug-likeness (QED) is 0.329. The van der Waals surface area contributed by atoms with Gasteiger partial charge in [0.25, 0.3) is 5.91 Å². The number of carbonyl (C=O) groups is 1. The summed E-state index contributed by atoms with van der Waals surface area (Å²) < 4.78 is 17.8.